The van der Waals surface area contributed by atoms with Crippen LogP contribution in [-0.4, -0.2) is 13.2 Å². The molecule has 0 aromatic heterocycles. The Labute approximate surface area is 97.0 Å². The summed E-state index contributed by atoms with van der Waals surface area (Å²) < 4.78 is 5.73. The summed E-state index contributed by atoms with van der Waals surface area (Å²) in [7, 11) is 1.90. The van der Waals surface area contributed by atoms with Gasteiger partial charge in [0.05, 0.1) is 0 Å². The minimum absolute atomic E-state index is 0.364. The number of rotatable bonds is 5. The van der Waals surface area contributed by atoms with Crippen molar-refractivity contribution in [1.29, 1.82) is 5.26 Å². The quantitative estimate of drug-likeness (QED) is 0.825. The molecule has 16 heavy (non-hydrogen) atoms. The zero-order valence-electron chi connectivity index (χ0n) is 10.1. The number of para-hydroxylation sites is 1. The Balaban J connectivity index is 2.96. The first-order valence-electron chi connectivity index (χ1n) is 5.52. The van der Waals surface area contributed by atoms with Crippen molar-refractivity contribution < 1.29 is 4.74 Å². The Kier molecular flexibility index (Phi) is 4.81. The van der Waals surface area contributed by atoms with Crippen LogP contribution in [0.2, 0.25) is 0 Å². The van der Waals surface area contributed by atoms with Crippen molar-refractivity contribution in [2.75, 3.05) is 7.05 Å². The monoisotopic (exact) mass is 218 g/mol. The molecule has 1 N–H and O–H groups in total. The normalized spacial score (nSPS) is 11.9. The molecule has 3 heteroatoms. The number of nitrogens with one attached hydrogen (secondary N) is 1. The minimum atomic E-state index is -0.364. The summed E-state index contributed by atoms with van der Waals surface area (Å²) >= 11 is 0. The molecule has 0 fully saturated rings. The molecule has 0 heterocycles. The van der Waals surface area contributed by atoms with E-state index in [9.17, 15) is 0 Å². The molecule has 1 atom stereocenters. The second-order valence-corrected chi connectivity index (χ2v) is 3.74. The zero-order valence-corrected chi connectivity index (χ0v) is 10.1. The third-order valence-corrected chi connectivity index (χ3v) is 2.44. The fourth-order valence-corrected chi connectivity index (χ4v) is 1.55. The SMILES string of the molecule is CCC(C#N)Oc1c(C)cccc1CNC. The highest BCUT2D eigenvalue weighted by Gasteiger charge is 2.11. The molecule has 0 aliphatic heterocycles. The molecule has 1 aromatic rings. The second kappa shape index (κ2) is 6.14. The standard InChI is InChI=1S/C13H18N2O/c1-4-12(8-14)16-13-10(2)6-5-7-11(13)9-15-3/h5-7,12,15H,4,9H2,1-3H3. The van der Waals surface area contributed by atoms with Gasteiger partial charge in [0, 0.05) is 12.1 Å². The second-order valence-electron chi connectivity index (χ2n) is 3.74. The molecule has 0 bridgehead atoms. The maximum atomic E-state index is 8.91. The van der Waals surface area contributed by atoms with Gasteiger partial charge in [0.2, 0.25) is 0 Å². The van der Waals surface area contributed by atoms with E-state index in [-0.39, 0.29) is 6.10 Å². The Morgan fingerprint density at radius 3 is 2.81 bits per heavy atom. The number of hydrogen-bond donors (Lipinski definition) is 1. The molecular formula is C13H18N2O. The van der Waals surface area contributed by atoms with Crippen LogP contribution in [-0.2, 0) is 6.54 Å². The predicted molar refractivity (Wildman–Crippen MR) is 64.3 cm³/mol. The number of hydrogen-bond acceptors (Lipinski definition) is 3. The largest absolute Gasteiger partial charge is 0.475 e. The highest BCUT2D eigenvalue weighted by molar-refractivity contribution is 5.41. The molecular weight excluding hydrogens is 200 g/mol. The Morgan fingerprint density at radius 2 is 2.25 bits per heavy atom. The van der Waals surface area contributed by atoms with E-state index in [4.69, 9.17) is 10.00 Å². The van der Waals surface area contributed by atoms with Crippen LogP contribution in [0.1, 0.15) is 24.5 Å². The van der Waals surface area contributed by atoms with Crippen molar-refractivity contribution >= 4 is 0 Å². The summed E-state index contributed by atoms with van der Waals surface area (Å²) in [5.41, 5.74) is 2.16. The maximum Gasteiger partial charge on any atom is 0.184 e. The first-order valence-corrected chi connectivity index (χ1v) is 5.52. The smallest absolute Gasteiger partial charge is 0.184 e. The van der Waals surface area contributed by atoms with E-state index in [0.717, 1.165) is 23.4 Å². The van der Waals surface area contributed by atoms with Gasteiger partial charge in [-0.3, -0.25) is 0 Å². The van der Waals surface area contributed by atoms with Crippen LogP contribution in [0.15, 0.2) is 18.2 Å². The van der Waals surface area contributed by atoms with Gasteiger partial charge < -0.3 is 10.1 Å². The van der Waals surface area contributed by atoms with Crippen LogP contribution in [0.3, 0.4) is 0 Å². The zero-order chi connectivity index (χ0) is 12.0. The molecule has 0 saturated carbocycles. The van der Waals surface area contributed by atoms with E-state index < -0.39 is 0 Å². The maximum absolute atomic E-state index is 8.91. The first-order chi connectivity index (χ1) is 7.72. The molecule has 0 amide bonds. The number of nitrogens with zero attached hydrogens (tertiary/aromatic N) is 1. The lowest BCUT2D eigenvalue weighted by atomic mass is 10.1. The van der Waals surface area contributed by atoms with Crippen molar-refractivity contribution in [1.82, 2.24) is 5.32 Å². The van der Waals surface area contributed by atoms with Crippen LogP contribution in [0.25, 0.3) is 0 Å². The average molecular weight is 218 g/mol. The highest BCUT2D eigenvalue weighted by Crippen LogP contribution is 2.24. The van der Waals surface area contributed by atoms with Crippen LogP contribution in [0.4, 0.5) is 0 Å². The van der Waals surface area contributed by atoms with E-state index in [2.05, 4.69) is 11.4 Å². The summed E-state index contributed by atoms with van der Waals surface area (Å²) in [6.07, 6.45) is 0.334. The van der Waals surface area contributed by atoms with Crippen molar-refractivity contribution in [3.63, 3.8) is 0 Å². The van der Waals surface area contributed by atoms with Crippen LogP contribution >= 0.6 is 0 Å². The molecule has 0 aliphatic rings. The summed E-state index contributed by atoms with van der Waals surface area (Å²) in [6, 6.07) is 8.17. The Bertz CT molecular complexity index is 382. The lowest BCUT2D eigenvalue weighted by Gasteiger charge is -2.16. The third kappa shape index (κ3) is 2.98. The molecule has 1 unspecified atom stereocenters. The van der Waals surface area contributed by atoms with E-state index in [1.165, 1.54) is 0 Å². The summed E-state index contributed by atoms with van der Waals surface area (Å²) in [4.78, 5) is 0. The molecule has 1 aromatic carbocycles. The van der Waals surface area contributed by atoms with Crippen molar-refractivity contribution in [3.8, 4) is 11.8 Å². The topological polar surface area (TPSA) is 45.0 Å². The van der Waals surface area contributed by atoms with Gasteiger partial charge in [-0.2, -0.15) is 5.26 Å². The average Bonchev–Trinajstić information content (AvgIpc) is 2.29. The molecule has 1 rings (SSSR count). The molecule has 0 spiro atoms. The Morgan fingerprint density at radius 1 is 1.50 bits per heavy atom. The summed E-state index contributed by atoms with van der Waals surface area (Å²) in [5, 5.41) is 12.0. The van der Waals surface area contributed by atoms with E-state index in [0.29, 0.717) is 6.42 Å². The van der Waals surface area contributed by atoms with Crippen LogP contribution in [0.5, 0.6) is 5.75 Å². The van der Waals surface area contributed by atoms with Gasteiger partial charge in [0.15, 0.2) is 6.10 Å². The Hall–Kier alpha value is -1.53. The van der Waals surface area contributed by atoms with Crippen molar-refractivity contribution in [2.45, 2.75) is 32.9 Å². The predicted octanol–water partition coefficient (Wildman–Crippen LogP) is 2.40. The fraction of sp³-hybridized carbons (Fsp3) is 0.462. The molecule has 0 saturated heterocycles. The lowest BCUT2D eigenvalue weighted by Crippen LogP contribution is -2.16. The van der Waals surface area contributed by atoms with Gasteiger partial charge in [0.25, 0.3) is 0 Å². The van der Waals surface area contributed by atoms with Crippen LogP contribution in [0, 0.1) is 18.3 Å². The van der Waals surface area contributed by atoms with Crippen molar-refractivity contribution in [3.05, 3.63) is 29.3 Å². The highest BCUT2D eigenvalue weighted by atomic mass is 16.5. The van der Waals surface area contributed by atoms with Crippen LogP contribution < -0.4 is 10.1 Å². The molecule has 86 valence electrons. The van der Waals surface area contributed by atoms with E-state index in [1.54, 1.807) is 0 Å². The third-order valence-electron chi connectivity index (χ3n) is 2.44. The fourth-order valence-electron chi connectivity index (χ4n) is 1.55. The molecule has 0 aliphatic carbocycles. The van der Waals surface area contributed by atoms with E-state index in [1.807, 2.05) is 39.1 Å². The molecule has 0 radical (unpaired) electrons. The van der Waals surface area contributed by atoms with Gasteiger partial charge in [-0.15, -0.1) is 0 Å². The summed E-state index contributed by atoms with van der Waals surface area (Å²) in [5.74, 6) is 0.838. The van der Waals surface area contributed by atoms with Gasteiger partial charge in [-0.05, 0) is 26.0 Å². The van der Waals surface area contributed by atoms with Gasteiger partial charge >= 0.3 is 0 Å². The van der Waals surface area contributed by atoms with E-state index >= 15 is 0 Å². The minimum Gasteiger partial charge on any atom is -0.475 e. The van der Waals surface area contributed by atoms with Gasteiger partial charge in [-0.1, -0.05) is 25.1 Å². The molecule has 3 nitrogen and oxygen atoms in total. The van der Waals surface area contributed by atoms with Gasteiger partial charge in [0.1, 0.15) is 11.8 Å². The number of ether oxygens (including phenoxy) is 1. The summed E-state index contributed by atoms with van der Waals surface area (Å²) in [6.45, 7) is 4.70. The lowest BCUT2D eigenvalue weighted by molar-refractivity contribution is 0.247. The number of aryl methyl sites for hydroxylation is 1. The number of nitriles is 1. The van der Waals surface area contributed by atoms with Crippen molar-refractivity contribution in [2.24, 2.45) is 0 Å². The number of benzene rings is 1. The van der Waals surface area contributed by atoms with Gasteiger partial charge in [-0.25, -0.2) is 0 Å². The first kappa shape index (κ1) is 12.5.